The summed E-state index contributed by atoms with van der Waals surface area (Å²) in [6.45, 7) is 4.53. The van der Waals surface area contributed by atoms with Crippen molar-refractivity contribution in [3.63, 3.8) is 0 Å². The van der Waals surface area contributed by atoms with E-state index in [4.69, 9.17) is 0 Å². The van der Waals surface area contributed by atoms with Crippen LogP contribution in [-0.4, -0.2) is 6.29 Å². The lowest BCUT2D eigenvalue weighted by Crippen LogP contribution is -2.24. The number of hydrogen-bond donors (Lipinski definition) is 0. The highest BCUT2D eigenvalue weighted by Gasteiger charge is 2.28. The molecule has 2 rings (SSSR count). The number of aldehydes is 1. The average Bonchev–Trinajstić information content (AvgIpc) is 2.17. The van der Waals surface area contributed by atoms with Gasteiger partial charge in [-0.05, 0) is 35.8 Å². The van der Waals surface area contributed by atoms with Crippen molar-refractivity contribution in [3.8, 4) is 0 Å². The molecule has 0 aliphatic heterocycles. The Morgan fingerprint density at radius 2 is 2.14 bits per heavy atom. The average molecular weight is 188 g/mol. The Morgan fingerprint density at radius 3 is 2.86 bits per heavy atom. The third-order valence-corrected chi connectivity index (χ3v) is 3.30. The second-order valence-electron chi connectivity index (χ2n) is 4.73. The largest absolute Gasteiger partial charge is 0.298 e. The normalized spacial score (nSPS) is 18.7. The molecular weight excluding hydrogens is 172 g/mol. The lowest BCUT2D eigenvalue weighted by molar-refractivity contribution is 0.112. The van der Waals surface area contributed by atoms with Gasteiger partial charge < -0.3 is 0 Å². The van der Waals surface area contributed by atoms with Crippen LogP contribution in [-0.2, 0) is 11.8 Å². The fraction of sp³-hybridized carbons (Fsp3) is 0.462. The summed E-state index contributed by atoms with van der Waals surface area (Å²) >= 11 is 0. The van der Waals surface area contributed by atoms with Gasteiger partial charge in [0.2, 0.25) is 0 Å². The van der Waals surface area contributed by atoms with Gasteiger partial charge in [0.15, 0.2) is 0 Å². The highest BCUT2D eigenvalue weighted by Crippen LogP contribution is 2.37. The van der Waals surface area contributed by atoms with Gasteiger partial charge in [-0.25, -0.2) is 0 Å². The summed E-state index contributed by atoms with van der Waals surface area (Å²) in [5.41, 5.74) is 3.77. The molecule has 0 saturated heterocycles. The smallest absolute Gasteiger partial charge is 0.150 e. The topological polar surface area (TPSA) is 17.1 Å². The lowest BCUT2D eigenvalue weighted by Gasteiger charge is -2.33. The monoisotopic (exact) mass is 188 g/mol. The number of benzene rings is 1. The zero-order valence-electron chi connectivity index (χ0n) is 8.84. The van der Waals surface area contributed by atoms with E-state index in [0.717, 1.165) is 18.3 Å². The molecule has 1 aliphatic carbocycles. The van der Waals surface area contributed by atoms with Crippen molar-refractivity contribution in [3.05, 3.63) is 34.9 Å². The van der Waals surface area contributed by atoms with Gasteiger partial charge in [-0.15, -0.1) is 0 Å². The summed E-state index contributed by atoms with van der Waals surface area (Å²) in [5.74, 6) is 0. The van der Waals surface area contributed by atoms with Crippen LogP contribution in [0.1, 0.15) is 48.2 Å². The Balaban J connectivity index is 2.60. The molecule has 0 aromatic heterocycles. The molecular formula is C13H16O. The molecule has 0 spiro atoms. The highest BCUT2D eigenvalue weighted by atomic mass is 16.1. The molecule has 74 valence electrons. The van der Waals surface area contributed by atoms with E-state index >= 15 is 0 Å². The van der Waals surface area contributed by atoms with Crippen molar-refractivity contribution in [1.29, 1.82) is 0 Å². The van der Waals surface area contributed by atoms with Crippen molar-refractivity contribution in [2.75, 3.05) is 0 Å². The number of carbonyl (C=O) groups excluding carboxylic acids is 1. The Bertz CT molecular complexity index is 363. The van der Waals surface area contributed by atoms with Crippen LogP contribution in [0.25, 0.3) is 0 Å². The van der Waals surface area contributed by atoms with Gasteiger partial charge in [0.25, 0.3) is 0 Å². The van der Waals surface area contributed by atoms with E-state index in [2.05, 4.69) is 19.9 Å². The summed E-state index contributed by atoms with van der Waals surface area (Å²) in [7, 11) is 0. The maximum atomic E-state index is 10.9. The number of hydrogen-bond acceptors (Lipinski definition) is 1. The molecule has 0 radical (unpaired) electrons. The van der Waals surface area contributed by atoms with E-state index in [1.165, 1.54) is 24.0 Å². The third kappa shape index (κ3) is 1.37. The summed E-state index contributed by atoms with van der Waals surface area (Å²) < 4.78 is 0. The molecule has 0 atom stereocenters. The van der Waals surface area contributed by atoms with E-state index in [1.807, 2.05) is 12.1 Å². The van der Waals surface area contributed by atoms with Gasteiger partial charge in [-0.2, -0.15) is 0 Å². The molecule has 0 unspecified atom stereocenters. The van der Waals surface area contributed by atoms with Crippen LogP contribution in [0.4, 0.5) is 0 Å². The van der Waals surface area contributed by atoms with Crippen molar-refractivity contribution in [2.24, 2.45) is 0 Å². The quantitative estimate of drug-likeness (QED) is 0.619. The van der Waals surface area contributed by atoms with Crippen LogP contribution >= 0.6 is 0 Å². The van der Waals surface area contributed by atoms with Gasteiger partial charge in [0.05, 0.1) is 0 Å². The predicted molar refractivity (Wildman–Crippen MR) is 57.8 cm³/mol. The van der Waals surface area contributed by atoms with Crippen LogP contribution in [0.3, 0.4) is 0 Å². The molecule has 0 heterocycles. The summed E-state index contributed by atoms with van der Waals surface area (Å²) in [6.07, 6.45) is 4.47. The van der Waals surface area contributed by atoms with E-state index in [1.54, 1.807) is 0 Å². The number of rotatable bonds is 1. The summed E-state index contributed by atoms with van der Waals surface area (Å²) in [6, 6.07) is 6.09. The fourth-order valence-corrected chi connectivity index (χ4v) is 2.47. The molecule has 0 N–H and O–H groups in total. The van der Waals surface area contributed by atoms with Crippen molar-refractivity contribution in [2.45, 2.75) is 38.5 Å². The number of carbonyl (C=O) groups is 1. The van der Waals surface area contributed by atoms with E-state index in [-0.39, 0.29) is 5.41 Å². The Labute approximate surface area is 85.1 Å². The zero-order valence-corrected chi connectivity index (χ0v) is 8.84. The molecule has 1 nitrogen and oxygen atoms in total. The fourth-order valence-electron chi connectivity index (χ4n) is 2.47. The van der Waals surface area contributed by atoms with Gasteiger partial charge in [0, 0.05) is 5.56 Å². The Hall–Kier alpha value is -1.11. The molecule has 1 aromatic carbocycles. The van der Waals surface area contributed by atoms with Crippen LogP contribution in [0.15, 0.2) is 18.2 Å². The van der Waals surface area contributed by atoms with Crippen LogP contribution in [0.5, 0.6) is 0 Å². The molecule has 1 aromatic rings. The minimum Gasteiger partial charge on any atom is -0.298 e. The SMILES string of the molecule is CC1(C)CCCc2c(C=O)cccc21. The molecule has 1 aliphatic rings. The molecule has 0 amide bonds. The van der Waals surface area contributed by atoms with Gasteiger partial charge in [-0.3, -0.25) is 4.79 Å². The van der Waals surface area contributed by atoms with Gasteiger partial charge >= 0.3 is 0 Å². The molecule has 0 bridgehead atoms. The van der Waals surface area contributed by atoms with Gasteiger partial charge in [0.1, 0.15) is 6.29 Å². The molecule has 1 heteroatoms. The van der Waals surface area contributed by atoms with Crippen LogP contribution in [0.2, 0.25) is 0 Å². The van der Waals surface area contributed by atoms with E-state index in [9.17, 15) is 4.79 Å². The zero-order chi connectivity index (χ0) is 10.2. The lowest BCUT2D eigenvalue weighted by atomic mass is 9.72. The van der Waals surface area contributed by atoms with Crippen LogP contribution < -0.4 is 0 Å². The maximum Gasteiger partial charge on any atom is 0.150 e. The minimum absolute atomic E-state index is 0.243. The first kappa shape index (κ1) is 9.45. The molecule has 0 saturated carbocycles. The van der Waals surface area contributed by atoms with Crippen molar-refractivity contribution in [1.82, 2.24) is 0 Å². The third-order valence-electron chi connectivity index (χ3n) is 3.30. The molecule has 14 heavy (non-hydrogen) atoms. The second kappa shape index (κ2) is 3.23. The predicted octanol–water partition coefficient (Wildman–Crippen LogP) is 3.11. The van der Waals surface area contributed by atoms with Crippen molar-refractivity contribution < 1.29 is 4.79 Å². The van der Waals surface area contributed by atoms with Crippen molar-refractivity contribution >= 4 is 6.29 Å². The molecule has 0 fully saturated rings. The first-order chi connectivity index (χ1) is 6.65. The minimum atomic E-state index is 0.243. The maximum absolute atomic E-state index is 10.9. The summed E-state index contributed by atoms with van der Waals surface area (Å²) in [5, 5.41) is 0. The van der Waals surface area contributed by atoms with Crippen LogP contribution in [0, 0.1) is 0 Å². The Morgan fingerprint density at radius 1 is 1.36 bits per heavy atom. The summed E-state index contributed by atoms with van der Waals surface area (Å²) in [4.78, 5) is 10.9. The van der Waals surface area contributed by atoms with E-state index < -0.39 is 0 Å². The first-order valence-electron chi connectivity index (χ1n) is 5.23. The standard InChI is InChI=1S/C13H16O/c1-13(2)8-4-6-11-10(9-14)5-3-7-12(11)13/h3,5,7,9H,4,6,8H2,1-2H3. The van der Waals surface area contributed by atoms with E-state index in [0.29, 0.717) is 0 Å². The second-order valence-corrected chi connectivity index (χ2v) is 4.73. The first-order valence-corrected chi connectivity index (χ1v) is 5.23. The number of fused-ring (bicyclic) bond motifs is 1. The van der Waals surface area contributed by atoms with Gasteiger partial charge in [-0.1, -0.05) is 32.0 Å². The Kier molecular flexibility index (Phi) is 2.18. The highest BCUT2D eigenvalue weighted by molar-refractivity contribution is 5.78.